The molecule has 0 bridgehead atoms. The van der Waals surface area contributed by atoms with Crippen LogP contribution in [0.2, 0.25) is 0 Å². The fourth-order valence-corrected chi connectivity index (χ4v) is 1.93. The van der Waals surface area contributed by atoms with Crippen molar-refractivity contribution in [2.24, 2.45) is 0 Å². The third-order valence-electron chi connectivity index (χ3n) is 3.33. The molecule has 136 valence electrons. The molecule has 1 nitrogen and oxygen atoms in total. The highest BCUT2D eigenvalue weighted by molar-refractivity contribution is 5.83. The third-order valence-corrected chi connectivity index (χ3v) is 3.33. The minimum absolute atomic E-state index is 0.242. The molecule has 0 radical (unpaired) electrons. The quantitative estimate of drug-likeness (QED) is 0.203. The van der Waals surface area contributed by atoms with E-state index in [4.69, 9.17) is 0 Å². The number of hydrogen-bond donors (Lipinski definition) is 0. The smallest absolute Gasteiger partial charge is 0.290 e. The lowest BCUT2D eigenvalue weighted by molar-refractivity contribution is -0.171. The SMILES string of the molecule is CCCCC/C=C\C=C\C/C=C\C/C=C\CCCC(=O)C(F)(F)F. The Labute approximate surface area is 144 Å². The van der Waals surface area contributed by atoms with E-state index in [0.717, 1.165) is 19.3 Å². The highest BCUT2D eigenvalue weighted by Crippen LogP contribution is 2.19. The molecule has 0 N–H and O–H groups in total. The first-order chi connectivity index (χ1) is 11.5. The Balaban J connectivity index is 3.56. The lowest BCUT2D eigenvalue weighted by Crippen LogP contribution is -2.22. The van der Waals surface area contributed by atoms with Gasteiger partial charge in [0.15, 0.2) is 0 Å². The summed E-state index contributed by atoms with van der Waals surface area (Å²) >= 11 is 0. The summed E-state index contributed by atoms with van der Waals surface area (Å²) in [7, 11) is 0. The Morgan fingerprint density at radius 1 is 0.792 bits per heavy atom. The fourth-order valence-electron chi connectivity index (χ4n) is 1.93. The Hall–Kier alpha value is -1.58. The second kappa shape index (κ2) is 15.0. The molecule has 0 fully saturated rings. The summed E-state index contributed by atoms with van der Waals surface area (Å²) in [4.78, 5) is 10.6. The van der Waals surface area contributed by atoms with Gasteiger partial charge in [-0.15, -0.1) is 0 Å². The highest BCUT2D eigenvalue weighted by Gasteiger charge is 2.36. The van der Waals surface area contributed by atoms with E-state index in [1.807, 2.05) is 24.3 Å². The van der Waals surface area contributed by atoms with Crippen molar-refractivity contribution < 1.29 is 18.0 Å². The molecule has 0 aliphatic heterocycles. The molecule has 0 aliphatic carbocycles. The lowest BCUT2D eigenvalue weighted by atomic mass is 10.1. The van der Waals surface area contributed by atoms with Crippen LogP contribution >= 0.6 is 0 Å². The van der Waals surface area contributed by atoms with E-state index in [9.17, 15) is 18.0 Å². The number of halogens is 3. The van der Waals surface area contributed by atoms with E-state index >= 15 is 0 Å². The van der Waals surface area contributed by atoms with Crippen LogP contribution in [0.1, 0.15) is 64.7 Å². The van der Waals surface area contributed by atoms with Gasteiger partial charge in [-0.05, 0) is 38.5 Å². The highest BCUT2D eigenvalue weighted by atomic mass is 19.4. The van der Waals surface area contributed by atoms with Crippen molar-refractivity contribution in [2.45, 2.75) is 70.9 Å². The minimum Gasteiger partial charge on any atom is -0.290 e. The molecule has 4 heteroatoms. The van der Waals surface area contributed by atoms with Gasteiger partial charge < -0.3 is 0 Å². The zero-order valence-corrected chi connectivity index (χ0v) is 14.5. The predicted octanol–water partition coefficient (Wildman–Crippen LogP) is 6.87. The van der Waals surface area contributed by atoms with Crippen LogP contribution in [0, 0.1) is 0 Å². The van der Waals surface area contributed by atoms with Gasteiger partial charge in [0.1, 0.15) is 0 Å². The van der Waals surface area contributed by atoms with Gasteiger partial charge >= 0.3 is 6.18 Å². The van der Waals surface area contributed by atoms with E-state index in [0.29, 0.717) is 6.42 Å². The number of Topliss-reactive ketones (excluding diaryl/α,β-unsaturated/α-hetero) is 1. The number of rotatable bonds is 13. The minimum atomic E-state index is -4.69. The lowest BCUT2D eigenvalue weighted by Gasteiger charge is -2.02. The Bertz CT molecular complexity index is 429. The van der Waals surface area contributed by atoms with Gasteiger partial charge in [-0.25, -0.2) is 0 Å². The van der Waals surface area contributed by atoms with Gasteiger partial charge in [-0.2, -0.15) is 13.2 Å². The van der Waals surface area contributed by atoms with Gasteiger partial charge in [0.25, 0.3) is 0 Å². The molecule has 0 atom stereocenters. The van der Waals surface area contributed by atoms with E-state index in [2.05, 4.69) is 31.2 Å². The summed E-state index contributed by atoms with van der Waals surface area (Å²) in [6.45, 7) is 2.19. The molecule has 0 saturated heterocycles. The van der Waals surface area contributed by atoms with Gasteiger partial charge in [0, 0.05) is 6.42 Å². The monoisotopic (exact) mass is 342 g/mol. The van der Waals surface area contributed by atoms with Crippen molar-refractivity contribution in [3.8, 4) is 0 Å². The van der Waals surface area contributed by atoms with Crippen molar-refractivity contribution in [1.82, 2.24) is 0 Å². The molecule has 0 aliphatic rings. The Morgan fingerprint density at radius 3 is 2.04 bits per heavy atom. The maximum absolute atomic E-state index is 12.0. The molecule has 0 aromatic rings. The van der Waals surface area contributed by atoms with Crippen LogP contribution in [-0.2, 0) is 4.79 Å². The van der Waals surface area contributed by atoms with Crippen LogP contribution in [0.15, 0.2) is 48.6 Å². The Kier molecular flexibility index (Phi) is 14.0. The molecular formula is C20H29F3O. The topological polar surface area (TPSA) is 17.1 Å². The largest absolute Gasteiger partial charge is 0.449 e. The molecule has 0 unspecified atom stereocenters. The van der Waals surface area contributed by atoms with Crippen LogP contribution in [0.4, 0.5) is 13.2 Å². The van der Waals surface area contributed by atoms with Crippen LogP contribution in [0.3, 0.4) is 0 Å². The standard InChI is InChI=1S/C20H29F3O/c1-2-3-4-5-6-7-8-9-10-11-12-13-14-15-16-17-18-19(24)20(21,22)23/h6-9,11-12,14-15H,2-5,10,13,16-18H2,1H3/b7-6-,9-8+,12-11-,15-14-. The zero-order chi connectivity index (χ0) is 18.1. The molecule has 0 aromatic heterocycles. The van der Waals surface area contributed by atoms with Crippen molar-refractivity contribution >= 4 is 5.78 Å². The second-order valence-corrected chi connectivity index (χ2v) is 5.58. The summed E-state index contributed by atoms with van der Waals surface area (Å²) < 4.78 is 35.9. The average Bonchev–Trinajstić information content (AvgIpc) is 2.53. The van der Waals surface area contributed by atoms with Crippen LogP contribution in [-0.4, -0.2) is 12.0 Å². The van der Waals surface area contributed by atoms with Gasteiger partial charge in [0.2, 0.25) is 5.78 Å². The molecule has 0 saturated carbocycles. The number of ketones is 1. The van der Waals surface area contributed by atoms with Crippen molar-refractivity contribution in [1.29, 1.82) is 0 Å². The summed E-state index contributed by atoms with van der Waals surface area (Å²) in [5.74, 6) is -1.64. The number of carbonyl (C=O) groups excluding carboxylic acids is 1. The molecule has 0 heterocycles. The number of unbranched alkanes of at least 4 members (excludes halogenated alkanes) is 4. The molecule has 0 spiro atoms. The summed E-state index contributed by atoms with van der Waals surface area (Å²) in [6, 6.07) is 0. The molecule has 0 aromatic carbocycles. The number of alkyl halides is 3. The van der Waals surface area contributed by atoms with E-state index in [-0.39, 0.29) is 6.42 Å². The first-order valence-electron chi connectivity index (χ1n) is 8.70. The number of hydrogen-bond acceptors (Lipinski definition) is 1. The fraction of sp³-hybridized carbons (Fsp3) is 0.550. The van der Waals surface area contributed by atoms with Crippen molar-refractivity contribution in [2.75, 3.05) is 0 Å². The number of carbonyl (C=O) groups is 1. The molecule has 0 rings (SSSR count). The van der Waals surface area contributed by atoms with Gasteiger partial charge in [-0.3, -0.25) is 4.79 Å². The average molecular weight is 342 g/mol. The van der Waals surface area contributed by atoms with E-state index in [1.54, 1.807) is 0 Å². The van der Waals surface area contributed by atoms with Crippen LogP contribution in [0.5, 0.6) is 0 Å². The third kappa shape index (κ3) is 15.3. The second-order valence-electron chi connectivity index (χ2n) is 5.58. The maximum atomic E-state index is 12.0. The molecule has 0 amide bonds. The predicted molar refractivity (Wildman–Crippen MR) is 94.8 cm³/mol. The van der Waals surface area contributed by atoms with E-state index in [1.165, 1.54) is 19.3 Å². The first kappa shape index (κ1) is 22.4. The van der Waals surface area contributed by atoms with Crippen LogP contribution < -0.4 is 0 Å². The Morgan fingerprint density at radius 2 is 1.38 bits per heavy atom. The van der Waals surface area contributed by atoms with Gasteiger partial charge in [-0.1, -0.05) is 68.4 Å². The molecule has 24 heavy (non-hydrogen) atoms. The van der Waals surface area contributed by atoms with Gasteiger partial charge in [0.05, 0.1) is 0 Å². The maximum Gasteiger partial charge on any atom is 0.449 e. The summed E-state index contributed by atoms with van der Waals surface area (Å²) in [6.07, 6.45) is 18.3. The van der Waals surface area contributed by atoms with Crippen molar-refractivity contribution in [3.05, 3.63) is 48.6 Å². The van der Waals surface area contributed by atoms with E-state index < -0.39 is 18.4 Å². The van der Waals surface area contributed by atoms with Crippen molar-refractivity contribution in [3.63, 3.8) is 0 Å². The van der Waals surface area contributed by atoms with Crippen LogP contribution in [0.25, 0.3) is 0 Å². The summed E-state index contributed by atoms with van der Waals surface area (Å²) in [5, 5.41) is 0. The summed E-state index contributed by atoms with van der Waals surface area (Å²) in [5.41, 5.74) is 0. The normalized spacial score (nSPS) is 13.2. The number of allylic oxidation sites excluding steroid dienone is 8. The first-order valence-corrected chi connectivity index (χ1v) is 8.70. The molecular weight excluding hydrogens is 313 g/mol. The zero-order valence-electron chi connectivity index (χ0n) is 14.5.